The first-order valence-corrected chi connectivity index (χ1v) is 6.91. The molecule has 1 amide bonds. The molecular weight excluding hydrogens is 292 g/mol. The molecule has 0 aromatic heterocycles. The number of amides is 1. The maximum Gasteiger partial charge on any atom is 0.328 e. The highest BCUT2D eigenvalue weighted by Gasteiger charge is 2.07. The van der Waals surface area contributed by atoms with Crippen LogP contribution < -0.4 is 5.32 Å². The van der Waals surface area contributed by atoms with Gasteiger partial charge in [0.25, 0.3) is 5.91 Å². The number of aliphatic carboxylic acids is 1. The predicted molar refractivity (Wildman–Crippen MR) is 83.6 cm³/mol. The second kappa shape index (κ2) is 8.44. The van der Waals surface area contributed by atoms with Crippen molar-refractivity contribution in [3.05, 3.63) is 40.4 Å². The quantitative estimate of drug-likeness (QED) is 0.598. The normalized spacial score (nSPS) is 11.0. The minimum atomic E-state index is -1.05. The lowest BCUT2D eigenvalue weighted by Crippen LogP contribution is -2.27. The second-order valence-corrected chi connectivity index (χ2v) is 5.23. The second-order valence-electron chi connectivity index (χ2n) is 4.82. The number of benzene rings is 1. The van der Waals surface area contributed by atoms with Crippen LogP contribution in [0.3, 0.4) is 0 Å². The molecule has 2 N–H and O–H groups in total. The van der Waals surface area contributed by atoms with Gasteiger partial charge in [-0.05, 0) is 50.8 Å². The third-order valence-electron chi connectivity index (χ3n) is 2.74. The van der Waals surface area contributed by atoms with E-state index in [0.29, 0.717) is 22.7 Å². The number of nitrogens with zero attached hydrogens (tertiary/aromatic N) is 1. The summed E-state index contributed by atoms with van der Waals surface area (Å²) in [5.41, 5.74) is 1.01. The molecule has 114 valence electrons. The molecule has 1 rings (SSSR count). The highest BCUT2D eigenvalue weighted by Crippen LogP contribution is 2.19. The molecule has 0 saturated carbocycles. The summed E-state index contributed by atoms with van der Waals surface area (Å²) in [5, 5.41) is 11.7. The molecule has 0 aliphatic heterocycles. The molecule has 0 aliphatic rings. The first-order valence-electron chi connectivity index (χ1n) is 6.53. The van der Waals surface area contributed by atoms with Gasteiger partial charge in [-0.1, -0.05) is 17.7 Å². The van der Waals surface area contributed by atoms with E-state index in [1.54, 1.807) is 12.1 Å². The van der Waals surface area contributed by atoms with Crippen molar-refractivity contribution in [1.29, 1.82) is 0 Å². The van der Waals surface area contributed by atoms with Gasteiger partial charge in [-0.25, -0.2) is 4.79 Å². The largest absolute Gasteiger partial charge is 0.478 e. The lowest BCUT2D eigenvalue weighted by molar-refractivity contribution is -0.131. The number of hydrogen-bond acceptors (Lipinski definition) is 3. The number of nitrogens with one attached hydrogen (secondary N) is 1. The van der Waals surface area contributed by atoms with E-state index in [1.807, 2.05) is 19.0 Å². The average molecular weight is 311 g/mol. The van der Waals surface area contributed by atoms with Crippen LogP contribution in [0.15, 0.2) is 24.3 Å². The minimum absolute atomic E-state index is 0.190. The molecule has 6 heteroatoms. The molecule has 1 aromatic rings. The highest BCUT2D eigenvalue weighted by molar-refractivity contribution is 6.32. The minimum Gasteiger partial charge on any atom is -0.478 e. The number of carbonyl (C=O) groups is 2. The lowest BCUT2D eigenvalue weighted by atomic mass is 10.1. The number of rotatable bonds is 7. The van der Waals surface area contributed by atoms with Gasteiger partial charge in [-0.15, -0.1) is 0 Å². The van der Waals surface area contributed by atoms with E-state index in [1.165, 1.54) is 12.1 Å². The van der Waals surface area contributed by atoms with E-state index in [-0.39, 0.29) is 5.91 Å². The smallest absolute Gasteiger partial charge is 0.328 e. The van der Waals surface area contributed by atoms with Gasteiger partial charge in [0.1, 0.15) is 0 Å². The molecule has 0 spiro atoms. The van der Waals surface area contributed by atoms with Crippen LogP contribution in [0.2, 0.25) is 5.02 Å². The van der Waals surface area contributed by atoms with Crippen molar-refractivity contribution in [3.8, 4) is 0 Å². The Morgan fingerprint density at radius 2 is 2.10 bits per heavy atom. The van der Waals surface area contributed by atoms with E-state index < -0.39 is 5.97 Å². The number of carbonyl (C=O) groups excluding carboxylic acids is 1. The molecule has 0 unspecified atom stereocenters. The van der Waals surface area contributed by atoms with Crippen molar-refractivity contribution in [3.63, 3.8) is 0 Å². The fraction of sp³-hybridized carbons (Fsp3) is 0.333. The Morgan fingerprint density at radius 1 is 1.38 bits per heavy atom. The Bertz CT molecular complexity index is 542. The van der Waals surface area contributed by atoms with Crippen LogP contribution in [0.5, 0.6) is 0 Å². The summed E-state index contributed by atoms with van der Waals surface area (Å²) in [4.78, 5) is 24.4. The van der Waals surface area contributed by atoms with Crippen LogP contribution in [-0.4, -0.2) is 49.1 Å². The summed E-state index contributed by atoms with van der Waals surface area (Å²) in [5.74, 6) is -1.24. The Balaban J connectivity index is 2.62. The SMILES string of the molecule is CN(C)CCCNC(=O)c1ccc(/C=C/C(=O)O)c(Cl)c1. The molecule has 5 nitrogen and oxygen atoms in total. The molecule has 0 radical (unpaired) electrons. The van der Waals surface area contributed by atoms with E-state index in [9.17, 15) is 9.59 Å². The summed E-state index contributed by atoms with van der Waals surface area (Å²) in [7, 11) is 3.95. The van der Waals surface area contributed by atoms with Crippen molar-refractivity contribution in [2.75, 3.05) is 27.2 Å². The van der Waals surface area contributed by atoms with E-state index in [4.69, 9.17) is 16.7 Å². The third kappa shape index (κ3) is 6.42. The highest BCUT2D eigenvalue weighted by atomic mass is 35.5. The molecule has 0 aliphatic carbocycles. The van der Waals surface area contributed by atoms with Crippen LogP contribution in [-0.2, 0) is 4.79 Å². The standard InChI is InChI=1S/C15H19ClN2O3/c1-18(2)9-3-8-17-15(21)12-5-4-11(13(16)10-12)6-7-14(19)20/h4-7,10H,3,8-9H2,1-2H3,(H,17,21)(H,19,20)/b7-6+. The van der Waals surface area contributed by atoms with Gasteiger partial charge in [-0.2, -0.15) is 0 Å². The van der Waals surface area contributed by atoms with E-state index in [0.717, 1.165) is 19.0 Å². The number of carboxylic acid groups (broad SMARTS) is 1. The molecule has 0 atom stereocenters. The molecule has 0 bridgehead atoms. The average Bonchev–Trinajstić information content (AvgIpc) is 2.41. The Kier molecular flexibility index (Phi) is 6.91. The van der Waals surface area contributed by atoms with Gasteiger partial charge in [0, 0.05) is 23.2 Å². The molecule has 21 heavy (non-hydrogen) atoms. The van der Waals surface area contributed by atoms with Crippen molar-refractivity contribution in [2.24, 2.45) is 0 Å². The summed E-state index contributed by atoms with van der Waals surface area (Å²) in [6.07, 6.45) is 3.26. The van der Waals surface area contributed by atoms with E-state index >= 15 is 0 Å². The Hall–Kier alpha value is -1.85. The van der Waals surface area contributed by atoms with Crippen LogP contribution in [0.4, 0.5) is 0 Å². The molecular formula is C15H19ClN2O3. The summed E-state index contributed by atoms with van der Waals surface area (Å²) in [6, 6.07) is 4.77. The lowest BCUT2D eigenvalue weighted by Gasteiger charge is -2.10. The zero-order chi connectivity index (χ0) is 15.8. The van der Waals surface area contributed by atoms with Crippen LogP contribution in [0, 0.1) is 0 Å². The van der Waals surface area contributed by atoms with E-state index in [2.05, 4.69) is 5.32 Å². The maximum atomic E-state index is 11.9. The first kappa shape index (κ1) is 17.2. The zero-order valence-corrected chi connectivity index (χ0v) is 12.9. The van der Waals surface area contributed by atoms with Crippen LogP contribution in [0.25, 0.3) is 6.08 Å². The summed E-state index contributed by atoms with van der Waals surface area (Å²) >= 11 is 6.03. The summed E-state index contributed by atoms with van der Waals surface area (Å²) in [6.45, 7) is 1.50. The molecule has 0 saturated heterocycles. The van der Waals surface area contributed by atoms with Crippen LogP contribution >= 0.6 is 11.6 Å². The third-order valence-corrected chi connectivity index (χ3v) is 3.06. The topological polar surface area (TPSA) is 69.6 Å². The Labute approximate surface area is 129 Å². The van der Waals surface area contributed by atoms with Gasteiger partial charge >= 0.3 is 5.97 Å². The predicted octanol–water partition coefficient (Wildman–Crippen LogP) is 2.12. The van der Waals surface area contributed by atoms with Gasteiger partial charge in [0.2, 0.25) is 0 Å². The van der Waals surface area contributed by atoms with Gasteiger partial charge < -0.3 is 15.3 Å². The first-order chi connectivity index (χ1) is 9.90. The van der Waals surface area contributed by atoms with Crippen molar-refractivity contribution < 1.29 is 14.7 Å². The van der Waals surface area contributed by atoms with Crippen molar-refractivity contribution in [1.82, 2.24) is 10.2 Å². The molecule has 0 heterocycles. The van der Waals surface area contributed by atoms with Gasteiger partial charge in [-0.3, -0.25) is 4.79 Å². The zero-order valence-electron chi connectivity index (χ0n) is 12.1. The number of hydrogen-bond donors (Lipinski definition) is 2. The fourth-order valence-corrected chi connectivity index (χ4v) is 1.91. The summed E-state index contributed by atoms with van der Waals surface area (Å²) < 4.78 is 0. The monoisotopic (exact) mass is 310 g/mol. The van der Waals surface area contributed by atoms with Gasteiger partial charge in [0.15, 0.2) is 0 Å². The molecule has 0 fully saturated rings. The fourth-order valence-electron chi connectivity index (χ4n) is 1.66. The molecule has 1 aromatic carbocycles. The maximum absolute atomic E-state index is 11.9. The van der Waals surface area contributed by atoms with Crippen molar-refractivity contribution >= 4 is 29.6 Å². The van der Waals surface area contributed by atoms with Crippen molar-refractivity contribution in [2.45, 2.75) is 6.42 Å². The Morgan fingerprint density at radius 3 is 2.67 bits per heavy atom. The van der Waals surface area contributed by atoms with Gasteiger partial charge in [0.05, 0.1) is 0 Å². The number of halogens is 1. The number of carboxylic acids is 1. The van der Waals surface area contributed by atoms with Crippen LogP contribution in [0.1, 0.15) is 22.3 Å².